The fourth-order valence-corrected chi connectivity index (χ4v) is 2.46. The second kappa shape index (κ2) is 4.56. The van der Waals surface area contributed by atoms with Crippen molar-refractivity contribution in [3.63, 3.8) is 0 Å². The molecule has 0 unspecified atom stereocenters. The molecule has 2 rings (SSSR count). The fraction of sp³-hybridized carbons (Fsp3) is 0.0909. The van der Waals surface area contributed by atoms with Crippen LogP contribution in [0, 0.1) is 11.3 Å². The van der Waals surface area contributed by atoms with Crippen LogP contribution >= 0.6 is 27.3 Å². The van der Waals surface area contributed by atoms with Gasteiger partial charge in [0.25, 0.3) is 0 Å². The number of nitrogens with zero attached hydrogens (tertiary/aromatic N) is 2. The molecule has 0 atom stereocenters. The summed E-state index contributed by atoms with van der Waals surface area (Å²) in [7, 11) is 0. The second-order valence-electron chi connectivity index (χ2n) is 2.98. The lowest BCUT2D eigenvalue weighted by Gasteiger charge is -1.95. The largest absolute Gasteiger partial charge is 0.244 e. The molecule has 2 nitrogen and oxygen atoms in total. The summed E-state index contributed by atoms with van der Waals surface area (Å²) in [6.45, 7) is 0. The number of hydrogen-bond donors (Lipinski definition) is 0. The van der Waals surface area contributed by atoms with Crippen LogP contribution < -0.4 is 0 Å². The highest BCUT2D eigenvalue weighted by Gasteiger charge is 2.04. The van der Waals surface area contributed by atoms with E-state index in [1.54, 1.807) is 17.5 Å². The van der Waals surface area contributed by atoms with Crippen molar-refractivity contribution in [3.8, 4) is 16.6 Å². The van der Waals surface area contributed by atoms with Crippen LogP contribution in [0.3, 0.4) is 0 Å². The predicted octanol–water partition coefficient (Wildman–Crippen LogP) is 3.64. The molecule has 0 saturated carbocycles. The maximum Gasteiger partial charge on any atom is 0.123 e. The van der Waals surface area contributed by atoms with Crippen LogP contribution in [-0.4, -0.2) is 4.98 Å². The highest BCUT2D eigenvalue weighted by molar-refractivity contribution is 9.10. The third-order valence-electron chi connectivity index (χ3n) is 1.88. The normalized spacial score (nSPS) is 9.87. The van der Waals surface area contributed by atoms with Crippen molar-refractivity contribution in [1.82, 2.24) is 4.98 Å². The van der Waals surface area contributed by atoms with E-state index in [-0.39, 0.29) is 0 Å². The van der Waals surface area contributed by atoms with Crippen molar-refractivity contribution >= 4 is 27.3 Å². The molecule has 0 spiro atoms. The van der Waals surface area contributed by atoms with Crippen LogP contribution in [0.5, 0.6) is 0 Å². The average Bonchev–Trinajstić information content (AvgIpc) is 2.67. The van der Waals surface area contributed by atoms with E-state index < -0.39 is 0 Å². The lowest BCUT2D eigenvalue weighted by atomic mass is 10.2. The van der Waals surface area contributed by atoms with Crippen molar-refractivity contribution < 1.29 is 0 Å². The number of rotatable bonds is 2. The zero-order chi connectivity index (χ0) is 10.7. The van der Waals surface area contributed by atoms with Gasteiger partial charge in [0, 0.05) is 21.1 Å². The summed E-state index contributed by atoms with van der Waals surface area (Å²) in [5.74, 6) is 0. The summed E-state index contributed by atoms with van der Waals surface area (Å²) >= 11 is 4.99. The zero-order valence-electron chi connectivity index (χ0n) is 7.77. The van der Waals surface area contributed by atoms with E-state index in [1.165, 1.54) is 0 Å². The monoisotopic (exact) mass is 278 g/mol. The van der Waals surface area contributed by atoms with Crippen LogP contribution in [-0.2, 0) is 6.42 Å². The average molecular weight is 279 g/mol. The van der Waals surface area contributed by atoms with Gasteiger partial charge in [0.15, 0.2) is 0 Å². The van der Waals surface area contributed by atoms with Crippen molar-refractivity contribution in [1.29, 1.82) is 5.26 Å². The molecule has 1 aromatic heterocycles. The van der Waals surface area contributed by atoms with E-state index in [2.05, 4.69) is 27.0 Å². The number of benzene rings is 1. The highest BCUT2D eigenvalue weighted by atomic mass is 79.9. The Kier molecular flexibility index (Phi) is 3.14. The first-order valence-electron chi connectivity index (χ1n) is 4.37. The number of aromatic nitrogens is 1. The first kappa shape index (κ1) is 10.3. The minimum atomic E-state index is 0.436. The molecule has 0 N–H and O–H groups in total. The topological polar surface area (TPSA) is 36.7 Å². The van der Waals surface area contributed by atoms with Gasteiger partial charge in [0.1, 0.15) is 5.01 Å². The SMILES string of the molecule is N#CCc1cnc(-c2cccc(Br)c2)s1. The van der Waals surface area contributed by atoms with Gasteiger partial charge in [-0.05, 0) is 12.1 Å². The summed E-state index contributed by atoms with van der Waals surface area (Å²) in [5.41, 5.74) is 1.08. The van der Waals surface area contributed by atoms with E-state index in [0.29, 0.717) is 6.42 Å². The third kappa shape index (κ3) is 2.44. The van der Waals surface area contributed by atoms with E-state index in [1.807, 2.05) is 24.3 Å². The summed E-state index contributed by atoms with van der Waals surface area (Å²) < 4.78 is 1.04. The van der Waals surface area contributed by atoms with Crippen molar-refractivity contribution in [2.24, 2.45) is 0 Å². The number of thiazole rings is 1. The Bertz CT molecular complexity index is 513. The second-order valence-corrected chi connectivity index (χ2v) is 5.01. The zero-order valence-corrected chi connectivity index (χ0v) is 10.2. The lowest BCUT2D eigenvalue weighted by Crippen LogP contribution is -1.73. The molecule has 0 bridgehead atoms. The molecule has 0 radical (unpaired) electrons. The van der Waals surface area contributed by atoms with Crippen LogP contribution in [0.15, 0.2) is 34.9 Å². The number of hydrogen-bond acceptors (Lipinski definition) is 3. The first-order valence-corrected chi connectivity index (χ1v) is 5.98. The van der Waals surface area contributed by atoms with Gasteiger partial charge in [0.05, 0.1) is 12.5 Å². The van der Waals surface area contributed by atoms with Crippen molar-refractivity contribution in [2.45, 2.75) is 6.42 Å². The molecule has 4 heteroatoms. The van der Waals surface area contributed by atoms with Crippen LogP contribution in [0.25, 0.3) is 10.6 Å². The molecule has 74 valence electrons. The van der Waals surface area contributed by atoms with Crippen LogP contribution in [0.4, 0.5) is 0 Å². The molecule has 0 aliphatic heterocycles. The summed E-state index contributed by atoms with van der Waals surface area (Å²) in [5, 5.41) is 9.52. The quantitative estimate of drug-likeness (QED) is 0.841. The smallest absolute Gasteiger partial charge is 0.123 e. The van der Waals surface area contributed by atoms with Gasteiger partial charge in [-0.2, -0.15) is 5.26 Å². The number of halogens is 1. The summed E-state index contributed by atoms with van der Waals surface area (Å²) in [6, 6.07) is 10.1. The highest BCUT2D eigenvalue weighted by Crippen LogP contribution is 2.27. The van der Waals surface area contributed by atoms with Gasteiger partial charge in [-0.1, -0.05) is 28.1 Å². The lowest BCUT2D eigenvalue weighted by molar-refractivity contribution is 1.28. The molecule has 0 fully saturated rings. The Morgan fingerprint density at radius 1 is 1.47 bits per heavy atom. The Morgan fingerprint density at radius 3 is 3.07 bits per heavy atom. The molecule has 2 aromatic rings. The van der Waals surface area contributed by atoms with E-state index in [0.717, 1.165) is 19.9 Å². The molecular formula is C11H7BrN2S. The molecule has 15 heavy (non-hydrogen) atoms. The Balaban J connectivity index is 2.34. The summed E-state index contributed by atoms with van der Waals surface area (Å²) in [4.78, 5) is 5.30. The van der Waals surface area contributed by atoms with Gasteiger partial charge in [-0.15, -0.1) is 11.3 Å². The maximum absolute atomic E-state index is 8.57. The van der Waals surface area contributed by atoms with Crippen LogP contribution in [0.2, 0.25) is 0 Å². The Labute approximate surface area is 100 Å². The van der Waals surface area contributed by atoms with Gasteiger partial charge in [-0.3, -0.25) is 0 Å². The maximum atomic E-state index is 8.57. The van der Waals surface area contributed by atoms with Crippen molar-refractivity contribution in [2.75, 3.05) is 0 Å². The van der Waals surface area contributed by atoms with Crippen molar-refractivity contribution in [3.05, 3.63) is 39.8 Å². The molecule has 0 aliphatic rings. The fourth-order valence-electron chi connectivity index (χ4n) is 1.22. The third-order valence-corrected chi connectivity index (χ3v) is 3.42. The molecular weight excluding hydrogens is 272 g/mol. The Hall–Kier alpha value is -1.18. The molecule has 0 saturated heterocycles. The van der Waals surface area contributed by atoms with Gasteiger partial charge < -0.3 is 0 Å². The Morgan fingerprint density at radius 2 is 2.33 bits per heavy atom. The van der Waals surface area contributed by atoms with Gasteiger partial charge >= 0.3 is 0 Å². The summed E-state index contributed by atoms with van der Waals surface area (Å²) in [6.07, 6.45) is 2.20. The van der Waals surface area contributed by atoms with E-state index >= 15 is 0 Å². The van der Waals surface area contributed by atoms with Crippen LogP contribution in [0.1, 0.15) is 4.88 Å². The van der Waals surface area contributed by atoms with Gasteiger partial charge in [0.2, 0.25) is 0 Å². The minimum Gasteiger partial charge on any atom is -0.244 e. The standard InChI is InChI=1S/C11H7BrN2S/c12-9-3-1-2-8(6-9)11-14-7-10(15-11)4-5-13/h1-3,6-7H,4H2. The first-order chi connectivity index (χ1) is 7.29. The number of nitriles is 1. The molecule has 1 heterocycles. The minimum absolute atomic E-state index is 0.436. The molecule has 0 amide bonds. The predicted molar refractivity (Wildman–Crippen MR) is 64.6 cm³/mol. The molecule has 1 aromatic carbocycles. The van der Waals surface area contributed by atoms with E-state index in [9.17, 15) is 0 Å². The van der Waals surface area contributed by atoms with Gasteiger partial charge in [-0.25, -0.2) is 4.98 Å². The van der Waals surface area contributed by atoms with E-state index in [4.69, 9.17) is 5.26 Å². The molecule has 0 aliphatic carbocycles.